The smallest absolute Gasteiger partial charge is 0.335 e. The van der Waals surface area contributed by atoms with Gasteiger partial charge < -0.3 is 25.4 Å². The van der Waals surface area contributed by atoms with Crippen LogP contribution in [0.5, 0.6) is 5.75 Å². The Morgan fingerprint density at radius 1 is 1.14 bits per heavy atom. The summed E-state index contributed by atoms with van der Waals surface area (Å²) < 4.78 is 0. The van der Waals surface area contributed by atoms with E-state index in [9.17, 15) is 24.6 Å². The van der Waals surface area contributed by atoms with Crippen molar-refractivity contribution in [2.24, 2.45) is 11.8 Å². The highest BCUT2D eigenvalue weighted by Gasteiger charge is 2.29. The Morgan fingerprint density at radius 3 is 2.32 bits per heavy atom. The number of rotatable bonds is 4. The van der Waals surface area contributed by atoms with Crippen LogP contribution < -0.4 is 15.5 Å². The van der Waals surface area contributed by atoms with Crippen LogP contribution in [-0.2, 0) is 9.59 Å². The lowest BCUT2D eigenvalue weighted by Gasteiger charge is -2.28. The molecule has 1 amide bonds. The van der Waals surface area contributed by atoms with Crippen LogP contribution in [0.3, 0.4) is 0 Å². The Balaban J connectivity index is 2.14. The molecule has 2 N–H and O–H groups in total. The highest BCUT2D eigenvalue weighted by molar-refractivity contribution is 5.97. The number of anilines is 1. The molecule has 0 saturated heterocycles. The second-order valence-electron chi connectivity index (χ2n) is 4.98. The third-order valence-electron chi connectivity index (χ3n) is 3.55. The molecule has 0 heterocycles. The molecular weight excluding hydrogens is 290 g/mol. The molecule has 22 heavy (non-hydrogen) atoms. The number of benzene rings is 1. The average molecular weight is 303 g/mol. The Bertz CT molecular complexity index is 651. The molecule has 2 rings (SSSR count). The minimum absolute atomic E-state index is 0.131. The lowest BCUT2D eigenvalue weighted by molar-refractivity contribution is -0.313. The Morgan fingerprint density at radius 2 is 1.77 bits per heavy atom. The van der Waals surface area contributed by atoms with Gasteiger partial charge in [-0.25, -0.2) is 4.79 Å². The van der Waals surface area contributed by atoms with Crippen molar-refractivity contribution in [3.63, 3.8) is 0 Å². The molecule has 7 heteroatoms. The predicted octanol–water partition coefficient (Wildman–Crippen LogP) is -0.271. The fourth-order valence-corrected chi connectivity index (χ4v) is 2.38. The van der Waals surface area contributed by atoms with Gasteiger partial charge in [0.1, 0.15) is 0 Å². The largest absolute Gasteiger partial charge is 0.872 e. The lowest BCUT2D eigenvalue weighted by atomic mass is 9.82. The SMILES string of the molecule is O=C(O)c1ccc(NC(=O)[C@H]2CC=CC[C@H]2C(=O)[O-])cc1[O-]. The zero-order valence-corrected chi connectivity index (χ0v) is 11.4. The molecule has 0 spiro atoms. The second-order valence-corrected chi connectivity index (χ2v) is 4.98. The summed E-state index contributed by atoms with van der Waals surface area (Å²) in [6.07, 6.45) is 3.88. The molecule has 0 radical (unpaired) electrons. The maximum Gasteiger partial charge on any atom is 0.335 e. The molecule has 116 valence electrons. The van der Waals surface area contributed by atoms with Crippen LogP contribution in [0.4, 0.5) is 5.69 Å². The van der Waals surface area contributed by atoms with E-state index in [0.717, 1.165) is 12.1 Å². The van der Waals surface area contributed by atoms with Crippen LogP contribution in [0, 0.1) is 11.8 Å². The van der Waals surface area contributed by atoms with E-state index < -0.39 is 41.0 Å². The Hall–Kier alpha value is -2.83. The van der Waals surface area contributed by atoms with E-state index in [1.54, 1.807) is 12.2 Å². The van der Waals surface area contributed by atoms with Gasteiger partial charge >= 0.3 is 5.97 Å². The zero-order valence-electron chi connectivity index (χ0n) is 11.4. The molecule has 0 bridgehead atoms. The molecule has 0 saturated carbocycles. The second kappa shape index (κ2) is 6.30. The number of amides is 1. The van der Waals surface area contributed by atoms with Crippen LogP contribution in [0.15, 0.2) is 30.4 Å². The molecule has 1 aromatic rings. The number of carbonyl (C=O) groups excluding carboxylic acids is 2. The normalized spacial score (nSPS) is 20.4. The molecule has 1 aliphatic carbocycles. The van der Waals surface area contributed by atoms with Crippen LogP contribution in [-0.4, -0.2) is 23.0 Å². The number of allylic oxidation sites excluding steroid dienone is 2. The van der Waals surface area contributed by atoms with E-state index >= 15 is 0 Å². The van der Waals surface area contributed by atoms with Crippen LogP contribution in [0.2, 0.25) is 0 Å². The topological polar surface area (TPSA) is 130 Å². The number of carbonyl (C=O) groups is 3. The van der Waals surface area contributed by atoms with E-state index in [4.69, 9.17) is 5.11 Å². The van der Waals surface area contributed by atoms with Gasteiger partial charge in [-0.2, -0.15) is 0 Å². The standard InChI is InChI=1S/C15H15NO6/c17-12-7-8(5-6-11(12)15(21)22)16-13(18)9-3-1-2-4-10(9)14(19)20/h1-2,5-7,9-10,17H,3-4H2,(H,16,18)(H,19,20)(H,21,22)/p-2/t9-,10+/m0/s1. The number of carboxylic acids is 2. The molecule has 2 atom stereocenters. The Labute approximate surface area is 125 Å². The summed E-state index contributed by atoms with van der Waals surface area (Å²) >= 11 is 0. The maximum atomic E-state index is 12.2. The van der Waals surface area contributed by atoms with Gasteiger partial charge in [0.2, 0.25) is 5.91 Å². The van der Waals surface area contributed by atoms with Crippen LogP contribution >= 0.6 is 0 Å². The quantitative estimate of drug-likeness (QED) is 0.736. The summed E-state index contributed by atoms with van der Waals surface area (Å²) in [6, 6.07) is 3.38. The molecule has 0 fully saturated rings. The lowest BCUT2D eigenvalue weighted by Crippen LogP contribution is -2.41. The highest BCUT2D eigenvalue weighted by atomic mass is 16.4. The van der Waals surface area contributed by atoms with Gasteiger partial charge in [0, 0.05) is 17.6 Å². The number of hydrogen-bond acceptors (Lipinski definition) is 5. The summed E-state index contributed by atoms with van der Waals surface area (Å²) in [4.78, 5) is 34.0. The number of carboxylic acid groups (broad SMARTS) is 2. The first kappa shape index (κ1) is 15.6. The van der Waals surface area contributed by atoms with E-state index in [-0.39, 0.29) is 18.5 Å². The van der Waals surface area contributed by atoms with Crippen LogP contribution in [0.1, 0.15) is 23.2 Å². The summed E-state index contributed by atoms with van der Waals surface area (Å²) in [7, 11) is 0. The highest BCUT2D eigenvalue weighted by Crippen LogP contribution is 2.27. The van der Waals surface area contributed by atoms with Crippen molar-refractivity contribution in [2.75, 3.05) is 5.32 Å². The van der Waals surface area contributed by atoms with Crippen LogP contribution in [0.25, 0.3) is 0 Å². The predicted molar refractivity (Wildman–Crippen MR) is 71.8 cm³/mol. The van der Waals surface area contributed by atoms with E-state index in [0.29, 0.717) is 0 Å². The van der Waals surface area contributed by atoms with E-state index in [1.165, 1.54) is 6.07 Å². The number of aliphatic carboxylic acids is 1. The van der Waals surface area contributed by atoms with Gasteiger partial charge in [-0.3, -0.25) is 4.79 Å². The van der Waals surface area contributed by atoms with E-state index in [2.05, 4.69) is 5.32 Å². The number of nitrogens with one attached hydrogen (secondary N) is 1. The minimum atomic E-state index is -1.35. The van der Waals surface area contributed by atoms with Gasteiger partial charge in [-0.15, -0.1) is 0 Å². The minimum Gasteiger partial charge on any atom is -0.872 e. The summed E-state index contributed by atoms with van der Waals surface area (Å²) in [5.41, 5.74) is -0.266. The van der Waals surface area contributed by atoms with Gasteiger partial charge in [0.25, 0.3) is 0 Å². The first-order valence-corrected chi connectivity index (χ1v) is 6.61. The van der Waals surface area contributed by atoms with Crippen molar-refractivity contribution in [3.05, 3.63) is 35.9 Å². The van der Waals surface area contributed by atoms with Gasteiger partial charge in [-0.05, 0) is 31.0 Å². The van der Waals surface area contributed by atoms with Crippen molar-refractivity contribution in [2.45, 2.75) is 12.8 Å². The van der Waals surface area contributed by atoms with Crippen molar-refractivity contribution in [3.8, 4) is 5.75 Å². The first-order valence-electron chi connectivity index (χ1n) is 6.61. The molecule has 1 aliphatic rings. The monoisotopic (exact) mass is 303 g/mol. The van der Waals surface area contributed by atoms with Crippen molar-refractivity contribution in [1.82, 2.24) is 0 Å². The van der Waals surface area contributed by atoms with Gasteiger partial charge in [-0.1, -0.05) is 17.9 Å². The summed E-state index contributed by atoms with van der Waals surface area (Å²) in [5, 5.41) is 33.8. The first-order chi connectivity index (χ1) is 10.4. The number of aromatic carboxylic acids is 1. The third-order valence-corrected chi connectivity index (χ3v) is 3.55. The fourth-order valence-electron chi connectivity index (χ4n) is 2.38. The average Bonchev–Trinajstić information content (AvgIpc) is 2.46. The van der Waals surface area contributed by atoms with Gasteiger partial charge in [0.05, 0.1) is 11.5 Å². The van der Waals surface area contributed by atoms with E-state index in [1.807, 2.05) is 0 Å². The molecule has 7 nitrogen and oxygen atoms in total. The molecule has 1 aromatic carbocycles. The molecule has 0 aliphatic heterocycles. The summed E-state index contributed by atoms with van der Waals surface area (Å²) in [6.45, 7) is 0. The van der Waals surface area contributed by atoms with Crippen molar-refractivity contribution in [1.29, 1.82) is 0 Å². The van der Waals surface area contributed by atoms with Crippen molar-refractivity contribution < 1.29 is 29.7 Å². The Kier molecular flexibility index (Phi) is 4.45. The molecule has 0 unspecified atom stereocenters. The van der Waals surface area contributed by atoms with Crippen molar-refractivity contribution >= 4 is 23.5 Å². The summed E-state index contributed by atoms with van der Waals surface area (Å²) in [5.74, 6) is -5.63. The van der Waals surface area contributed by atoms with Gasteiger partial charge in [0.15, 0.2) is 0 Å². The number of hydrogen-bond donors (Lipinski definition) is 2. The molecular formula is C15H13NO6-2. The molecule has 0 aromatic heterocycles. The third kappa shape index (κ3) is 3.25. The zero-order chi connectivity index (χ0) is 16.3. The maximum absolute atomic E-state index is 12.2. The fraction of sp³-hybridized carbons (Fsp3) is 0.267.